The fourth-order valence-electron chi connectivity index (χ4n) is 2.54. The van der Waals surface area contributed by atoms with Crippen LogP contribution in [-0.2, 0) is 21.4 Å². The summed E-state index contributed by atoms with van der Waals surface area (Å²) in [6.45, 7) is 1.68. The van der Waals surface area contributed by atoms with Crippen molar-refractivity contribution in [3.05, 3.63) is 84.2 Å². The minimum absolute atomic E-state index is 0.0508. The molecule has 1 aromatic heterocycles. The number of hydrogen-bond donors (Lipinski definition) is 1. The van der Waals surface area contributed by atoms with E-state index in [-0.39, 0.29) is 28.2 Å². The maximum atomic E-state index is 12.6. The molecule has 3 aromatic rings. The Morgan fingerprint density at radius 3 is 2.32 bits per heavy atom. The fourth-order valence-corrected chi connectivity index (χ4v) is 4.10. The van der Waals surface area contributed by atoms with Gasteiger partial charge in [-0.3, -0.25) is 19.3 Å². The van der Waals surface area contributed by atoms with Crippen LogP contribution in [0.15, 0.2) is 77.8 Å². The summed E-state index contributed by atoms with van der Waals surface area (Å²) in [6.07, 6.45) is 1.67. The fraction of sp³-hybridized carbons (Fsp3) is 0.136. The molecule has 3 rings (SSSR count). The number of carbonyl (C=O) groups excluding carboxylic acids is 2. The van der Waals surface area contributed by atoms with Gasteiger partial charge in [0.05, 0.1) is 16.3 Å². The third kappa shape index (κ3) is 6.66. The van der Waals surface area contributed by atoms with E-state index in [0.29, 0.717) is 17.0 Å². The monoisotopic (exact) mass is 456 g/mol. The topological polar surface area (TPSA) is 102 Å². The van der Waals surface area contributed by atoms with Crippen LogP contribution in [-0.4, -0.2) is 30.1 Å². The van der Waals surface area contributed by atoms with E-state index in [1.807, 2.05) is 18.2 Å². The number of sulfonamides is 1. The Labute approximate surface area is 184 Å². The van der Waals surface area contributed by atoms with Crippen LogP contribution in [0.4, 0.5) is 5.69 Å². The zero-order valence-electron chi connectivity index (χ0n) is 16.6. The molecule has 0 spiro atoms. The largest absolute Gasteiger partial charge is 0.487 e. The highest BCUT2D eigenvalue weighted by Crippen LogP contribution is 2.21. The molecular formula is C22H20N2O5S2. The van der Waals surface area contributed by atoms with Crippen LogP contribution in [0.25, 0.3) is 0 Å². The summed E-state index contributed by atoms with van der Waals surface area (Å²) < 4.78 is 33.3. The summed E-state index contributed by atoms with van der Waals surface area (Å²) in [5.41, 5.74) is 1.50. The molecule has 0 radical (unpaired) electrons. The minimum Gasteiger partial charge on any atom is -0.487 e. The molecule has 1 N–H and O–H groups in total. The highest BCUT2D eigenvalue weighted by Gasteiger charge is 2.15. The second-order valence-corrected chi connectivity index (χ2v) is 9.30. The number of pyridine rings is 1. The molecule has 0 saturated carbocycles. The third-order valence-electron chi connectivity index (χ3n) is 4.11. The number of hydrogen-bond acceptors (Lipinski definition) is 7. The standard InChI is InChI=1S/C22H20N2O5S2/c1-16(25)30-15-22(26)17-5-7-18(8-6-17)24-31(27,28)21-11-9-20(10-12-21)29-14-19-4-2-3-13-23-19/h2-13,24H,14-15H2,1H3. The van der Waals surface area contributed by atoms with Crippen molar-refractivity contribution < 1.29 is 22.7 Å². The van der Waals surface area contributed by atoms with E-state index in [0.717, 1.165) is 17.5 Å². The molecule has 0 bridgehead atoms. The zero-order valence-corrected chi connectivity index (χ0v) is 18.3. The molecule has 1 heterocycles. The van der Waals surface area contributed by atoms with Gasteiger partial charge in [-0.15, -0.1) is 0 Å². The lowest BCUT2D eigenvalue weighted by Gasteiger charge is -2.10. The Morgan fingerprint density at radius 1 is 1.00 bits per heavy atom. The quantitative estimate of drug-likeness (QED) is 0.487. The third-order valence-corrected chi connectivity index (χ3v) is 6.32. The normalized spacial score (nSPS) is 11.0. The van der Waals surface area contributed by atoms with Crippen LogP contribution in [0, 0.1) is 0 Å². The molecule has 0 amide bonds. The first-order valence-corrected chi connectivity index (χ1v) is 11.7. The van der Waals surface area contributed by atoms with Gasteiger partial charge >= 0.3 is 0 Å². The van der Waals surface area contributed by atoms with Gasteiger partial charge in [-0.25, -0.2) is 8.42 Å². The van der Waals surface area contributed by atoms with E-state index in [4.69, 9.17) is 4.74 Å². The molecule has 0 aliphatic heterocycles. The van der Waals surface area contributed by atoms with E-state index in [1.165, 1.54) is 43.3 Å². The van der Waals surface area contributed by atoms with E-state index in [2.05, 4.69) is 9.71 Å². The molecule has 0 unspecified atom stereocenters. The van der Waals surface area contributed by atoms with Crippen molar-refractivity contribution in [1.82, 2.24) is 4.98 Å². The molecule has 2 aromatic carbocycles. The molecule has 0 aliphatic carbocycles. The van der Waals surface area contributed by atoms with Crippen molar-refractivity contribution in [1.29, 1.82) is 0 Å². The van der Waals surface area contributed by atoms with Gasteiger partial charge in [-0.1, -0.05) is 17.8 Å². The summed E-state index contributed by atoms with van der Waals surface area (Å²) in [4.78, 5) is 27.2. The van der Waals surface area contributed by atoms with Crippen molar-refractivity contribution in [2.75, 3.05) is 10.5 Å². The average Bonchev–Trinajstić information content (AvgIpc) is 2.77. The van der Waals surface area contributed by atoms with E-state index in [9.17, 15) is 18.0 Å². The summed E-state index contributed by atoms with van der Waals surface area (Å²) in [5.74, 6) is 0.376. The van der Waals surface area contributed by atoms with Gasteiger partial charge in [0.25, 0.3) is 10.0 Å². The average molecular weight is 457 g/mol. The number of nitrogens with one attached hydrogen (secondary N) is 1. The first kappa shape index (κ1) is 22.5. The number of nitrogens with zero attached hydrogens (tertiary/aromatic N) is 1. The van der Waals surface area contributed by atoms with Crippen LogP contribution in [0.3, 0.4) is 0 Å². The van der Waals surface area contributed by atoms with Crippen molar-refractivity contribution in [3.63, 3.8) is 0 Å². The SMILES string of the molecule is CC(=O)SCC(=O)c1ccc(NS(=O)(=O)c2ccc(OCc3ccccn3)cc2)cc1. The molecule has 9 heteroatoms. The minimum atomic E-state index is -3.80. The Kier molecular flexibility index (Phi) is 7.43. The van der Waals surface area contributed by atoms with E-state index >= 15 is 0 Å². The van der Waals surface area contributed by atoms with Crippen molar-refractivity contribution >= 4 is 38.4 Å². The van der Waals surface area contributed by atoms with Crippen LogP contribution in [0.2, 0.25) is 0 Å². The van der Waals surface area contributed by atoms with Gasteiger partial charge < -0.3 is 4.74 Å². The molecule has 7 nitrogen and oxygen atoms in total. The first-order valence-electron chi connectivity index (χ1n) is 9.26. The molecule has 0 saturated heterocycles. The second kappa shape index (κ2) is 10.2. The number of Topliss-reactive ketones (excluding diaryl/α,β-unsaturated/α-hetero) is 1. The van der Waals surface area contributed by atoms with Gasteiger partial charge in [0.2, 0.25) is 0 Å². The number of thioether (sulfide) groups is 1. The molecule has 0 fully saturated rings. The van der Waals surface area contributed by atoms with Crippen LogP contribution in [0.1, 0.15) is 23.0 Å². The van der Waals surface area contributed by atoms with Crippen molar-refractivity contribution in [2.24, 2.45) is 0 Å². The van der Waals surface area contributed by atoms with Gasteiger partial charge in [0.1, 0.15) is 12.4 Å². The summed E-state index contributed by atoms with van der Waals surface area (Å²) in [6, 6.07) is 17.6. The van der Waals surface area contributed by atoms with Gasteiger partial charge in [-0.05, 0) is 60.7 Å². The molecular weight excluding hydrogens is 436 g/mol. The smallest absolute Gasteiger partial charge is 0.261 e. The van der Waals surface area contributed by atoms with Crippen molar-refractivity contribution in [2.45, 2.75) is 18.4 Å². The van der Waals surface area contributed by atoms with Gasteiger partial charge in [-0.2, -0.15) is 0 Å². The highest BCUT2D eigenvalue weighted by atomic mass is 32.2. The number of ether oxygens (including phenoxy) is 1. The first-order chi connectivity index (χ1) is 14.8. The lowest BCUT2D eigenvalue weighted by Crippen LogP contribution is -2.13. The number of aromatic nitrogens is 1. The molecule has 0 aliphatic rings. The van der Waals surface area contributed by atoms with E-state index in [1.54, 1.807) is 18.3 Å². The van der Waals surface area contributed by atoms with Crippen LogP contribution in [0.5, 0.6) is 5.75 Å². The lowest BCUT2D eigenvalue weighted by molar-refractivity contribution is -0.109. The predicted octanol–water partition coefficient (Wildman–Crippen LogP) is 3.92. The number of ketones is 1. The summed E-state index contributed by atoms with van der Waals surface area (Å²) >= 11 is 0.935. The van der Waals surface area contributed by atoms with E-state index < -0.39 is 10.0 Å². The van der Waals surface area contributed by atoms with Crippen LogP contribution >= 0.6 is 11.8 Å². The Hall–Kier alpha value is -3.17. The number of benzene rings is 2. The second-order valence-electron chi connectivity index (χ2n) is 6.47. The lowest BCUT2D eigenvalue weighted by atomic mass is 10.1. The van der Waals surface area contributed by atoms with Gasteiger partial charge in [0, 0.05) is 24.4 Å². The molecule has 0 atom stereocenters. The maximum absolute atomic E-state index is 12.6. The number of rotatable bonds is 9. The molecule has 31 heavy (non-hydrogen) atoms. The predicted molar refractivity (Wildman–Crippen MR) is 120 cm³/mol. The van der Waals surface area contributed by atoms with Crippen LogP contribution < -0.4 is 9.46 Å². The number of anilines is 1. The summed E-state index contributed by atoms with van der Waals surface area (Å²) in [5, 5.41) is -0.133. The zero-order chi connectivity index (χ0) is 22.3. The van der Waals surface area contributed by atoms with Gasteiger partial charge in [0.15, 0.2) is 10.9 Å². The number of carbonyl (C=O) groups is 2. The highest BCUT2D eigenvalue weighted by molar-refractivity contribution is 8.14. The summed E-state index contributed by atoms with van der Waals surface area (Å²) in [7, 11) is -3.80. The Bertz CT molecular complexity index is 1150. The maximum Gasteiger partial charge on any atom is 0.261 e. The Morgan fingerprint density at radius 2 is 1.71 bits per heavy atom. The molecule has 160 valence electrons. The van der Waals surface area contributed by atoms with Crippen molar-refractivity contribution in [3.8, 4) is 5.75 Å². The Balaban J connectivity index is 1.61.